The van der Waals surface area contributed by atoms with Crippen LogP contribution in [-0.4, -0.2) is 69.1 Å². The number of esters is 1. The molecule has 0 radical (unpaired) electrons. The number of ether oxygens (including phenoxy) is 1. The Bertz CT molecular complexity index is 1150. The Labute approximate surface area is 220 Å². The number of aliphatic hydroxyl groups excluding tert-OH is 1. The maximum Gasteiger partial charge on any atom is 0.311 e. The highest BCUT2D eigenvalue weighted by Gasteiger charge is 2.74. The van der Waals surface area contributed by atoms with E-state index in [1.54, 1.807) is 28.0 Å². The molecule has 2 amide bonds. The van der Waals surface area contributed by atoms with Gasteiger partial charge in [0.2, 0.25) is 5.91 Å². The normalized spacial score (nSPS) is 34.3. The van der Waals surface area contributed by atoms with Crippen molar-refractivity contribution in [3.8, 4) is 0 Å². The first kappa shape index (κ1) is 25.4. The maximum atomic E-state index is 14.4. The Balaban J connectivity index is 1.69. The highest BCUT2D eigenvalue weighted by molar-refractivity contribution is 8.02. The Morgan fingerprint density at radius 2 is 1.89 bits per heavy atom. The van der Waals surface area contributed by atoms with Crippen molar-refractivity contribution in [1.29, 1.82) is 0 Å². The van der Waals surface area contributed by atoms with Gasteiger partial charge in [0.15, 0.2) is 0 Å². The van der Waals surface area contributed by atoms with Crippen molar-refractivity contribution in [2.75, 3.05) is 24.7 Å². The Kier molecular flexibility index (Phi) is 6.50. The number of para-hydroxylation sites is 1. The van der Waals surface area contributed by atoms with Crippen LogP contribution in [-0.2, 0) is 19.1 Å². The highest BCUT2D eigenvalue weighted by Crippen LogP contribution is 2.65. The fourth-order valence-corrected chi connectivity index (χ4v) is 8.77. The zero-order valence-corrected chi connectivity index (χ0v) is 22.2. The molecule has 4 heterocycles. The van der Waals surface area contributed by atoms with Crippen LogP contribution in [0.1, 0.15) is 27.2 Å². The molecule has 6 atom stereocenters. The van der Waals surface area contributed by atoms with E-state index in [0.717, 1.165) is 0 Å². The van der Waals surface area contributed by atoms with Crippen LogP contribution in [0, 0.1) is 17.8 Å². The highest BCUT2D eigenvalue weighted by atomic mass is 35.5. The second-order valence-electron chi connectivity index (χ2n) is 10.5. The fraction of sp³-hybridized carbons (Fsp3) is 0.519. The smallest absolute Gasteiger partial charge is 0.311 e. The van der Waals surface area contributed by atoms with E-state index < -0.39 is 39.4 Å². The predicted molar refractivity (Wildman–Crippen MR) is 140 cm³/mol. The van der Waals surface area contributed by atoms with E-state index in [1.807, 2.05) is 51.1 Å². The third kappa shape index (κ3) is 3.72. The molecular formula is C27H31ClN2O5S. The summed E-state index contributed by atoms with van der Waals surface area (Å²) in [6, 6.07) is 5.67. The second-order valence-corrected chi connectivity index (χ2v) is 12.7. The van der Waals surface area contributed by atoms with Crippen LogP contribution < -0.4 is 4.90 Å². The van der Waals surface area contributed by atoms with E-state index in [9.17, 15) is 19.5 Å². The number of hydrogen-bond donors (Lipinski definition) is 1. The van der Waals surface area contributed by atoms with Crippen LogP contribution in [0.2, 0.25) is 5.02 Å². The molecule has 9 heteroatoms. The Hall–Kier alpha value is -2.29. The predicted octanol–water partition coefficient (Wildman–Crippen LogP) is 3.45. The molecule has 5 rings (SSSR count). The largest absolute Gasteiger partial charge is 0.461 e. The summed E-state index contributed by atoms with van der Waals surface area (Å²) < 4.78 is 3.77. The topological polar surface area (TPSA) is 87.2 Å². The number of halogens is 1. The van der Waals surface area contributed by atoms with Crippen molar-refractivity contribution in [3.63, 3.8) is 0 Å². The van der Waals surface area contributed by atoms with Crippen molar-refractivity contribution in [2.24, 2.45) is 17.8 Å². The molecule has 1 aromatic carbocycles. The number of carbonyl (C=O) groups is 3. The summed E-state index contributed by atoms with van der Waals surface area (Å²) in [6.07, 6.45) is 8.14. The van der Waals surface area contributed by atoms with Gasteiger partial charge in [-0.25, -0.2) is 0 Å². The van der Waals surface area contributed by atoms with Crippen molar-refractivity contribution >= 4 is 46.8 Å². The van der Waals surface area contributed by atoms with Crippen molar-refractivity contribution < 1.29 is 24.2 Å². The molecule has 0 aliphatic carbocycles. The molecule has 1 spiro atoms. The van der Waals surface area contributed by atoms with Gasteiger partial charge in [0.1, 0.15) is 12.6 Å². The van der Waals surface area contributed by atoms with Gasteiger partial charge in [0.25, 0.3) is 5.91 Å². The first-order valence-electron chi connectivity index (χ1n) is 12.4. The van der Waals surface area contributed by atoms with E-state index in [-0.39, 0.29) is 37.5 Å². The molecule has 192 valence electrons. The number of cyclic esters (lactones) is 1. The zero-order valence-electron chi connectivity index (χ0n) is 20.6. The third-order valence-corrected chi connectivity index (χ3v) is 9.86. The van der Waals surface area contributed by atoms with Crippen LogP contribution in [0.5, 0.6) is 0 Å². The number of benzene rings is 1. The van der Waals surface area contributed by atoms with Gasteiger partial charge in [0.05, 0.1) is 39.9 Å². The molecule has 0 bridgehead atoms. The number of hydrogen-bond acceptors (Lipinski definition) is 6. The maximum absolute atomic E-state index is 14.4. The molecule has 0 saturated carbocycles. The number of rotatable bonds is 5. The number of fused-ring (bicyclic) bond motifs is 2. The summed E-state index contributed by atoms with van der Waals surface area (Å²) >= 11 is 7.99. The molecule has 7 nitrogen and oxygen atoms in total. The van der Waals surface area contributed by atoms with E-state index in [0.29, 0.717) is 17.1 Å². The quantitative estimate of drug-likeness (QED) is 0.463. The minimum Gasteiger partial charge on any atom is -0.461 e. The fourth-order valence-electron chi connectivity index (χ4n) is 6.40. The molecule has 1 aromatic rings. The van der Waals surface area contributed by atoms with Gasteiger partial charge in [-0.2, -0.15) is 0 Å². The first-order valence-corrected chi connectivity index (χ1v) is 13.5. The molecule has 4 aliphatic rings. The number of anilines is 1. The SMILES string of the molecule is CC(C)C[C@H](CO)N1C(=O)[C@@H]2[C@@H]3C(=O)OCC=C[C@]3(C)S[C@@]23C=CCN(c2ccccc2Cl)C(=O)C13. The Morgan fingerprint density at radius 1 is 1.14 bits per heavy atom. The third-order valence-electron chi connectivity index (χ3n) is 7.74. The minimum atomic E-state index is -0.991. The summed E-state index contributed by atoms with van der Waals surface area (Å²) in [5, 5.41) is 10.8. The Morgan fingerprint density at radius 3 is 2.58 bits per heavy atom. The average molecular weight is 531 g/mol. The van der Waals surface area contributed by atoms with Gasteiger partial charge >= 0.3 is 5.97 Å². The summed E-state index contributed by atoms with van der Waals surface area (Å²) in [6.45, 7) is 6.15. The number of carbonyl (C=O) groups excluding carboxylic acids is 3. The van der Waals surface area contributed by atoms with Gasteiger partial charge in [-0.05, 0) is 37.5 Å². The van der Waals surface area contributed by atoms with Gasteiger partial charge in [-0.1, -0.05) is 55.8 Å². The minimum absolute atomic E-state index is 0.161. The van der Waals surface area contributed by atoms with Crippen LogP contribution in [0.25, 0.3) is 0 Å². The van der Waals surface area contributed by atoms with Gasteiger partial charge in [0, 0.05) is 11.3 Å². The van der Waals surface area contributed by atoms with E-state index >= 15 is 0 Å². The zero-order chi connectivity index (χ0) is 25.8. The number of aliphatic hydroxyl groups is 1. The van der Waals surface area contributed by atoms with Gasteiger partial charge in [-0.15, -0.1) is 11.8 Å². The molecule has 2 saturated heterocycles. The van der Waals surface area contributed by atoms with Gasteiger partial charge in [-0.3, -0.25) is 14.4 Å². The molecule has 1 unspecified atom stereocenters. The number of thioether (sulfide) groups is 1. The molecule has 1 N–H and O–H groups in total. The number of likely N-dealkylation sites (tertiary alicyclic amines) is 1. The lowest BCUT2D eigenvalue weighted by atomic mass is 9.75. The molecular weight excluding hydrogens is 500 g/mol. The summed E-state index contributed by atoms with van der Waals surface area (Å²) in [5.74, 6) is -2.33. The standard InChI is InChI=1S/C27H31ClN2O5S/c1-16(2)14-17(15-31)30-22-24(33)29(19-9-5-4-8-18(19)28)12-6-11-27(22)20(23(30)32)21-25(34)35-13-7-10-26(21,3)36-27/h4-11,16-17,20-22,31H,12-15H2,1-3H3/t17-,20+,21-,22?,26+,27+/m1/s1. The van der Waals surface area contributed by atoms with Crippen LogP contribution in [0.3, 0.4) is 0 Å². The molecule has 4 aliphatic heterocycles. The van der Waals surface area contributed by atoms with Crippen molar-refractivity contribution in [2.45, 2.75) is 48.8 Å². The average Bonchev–Trinajstić information content (AvgIpc) is 3.09. The van der Waals surface area contributed by atoms with Gasteiger partial charge < -0.3 is 19.6 Å². The second kappa shape index (κ2) is 9.23. The lowest BCUT2D eigenvalue weighted by molar-refractivity contribution is -0.153. The number of amides is 2. The van der Waals surface area contributed by atoms with E-state index in [2.05, 4.69) is 0 Å². The van der Waals surface area contributed by atoms with Crippen LogP contribution in [0.4, 0.5) is 5.69 Å². The van der Waals surface area contributed by atoms with Crippen LogP contribution >= 0.6 is 23.4 Å². The summed E-state index contributed by atoms with van der Waals surface area (Å²) in [4.78, 5) is 45.2. The lowest BCUT2D eigenvalue weighted by Crippen LogP contribution is -2.57. The van der Waals surface area contributed by atoms with Crippen LogP contribution in [0.15, 0.2) is 48.6 Å². The summed E-state index contributed by atoms with van der Waals surface area (Å²) in [5.41, 5.74) is 0.564. The lowest BCUT2D eigenvalue weighted by Gasteiger charge is -2.40. The molecule has 36 heavy (non-hydrogen) atoms. The van der Waals surface area contributed by atoms with Crippen molar-refractivity contribution in [3.05, 3.63) is 53.6 Å². The molecule has 2 fully saturated rings. The van der Waals surface area contributed by atoms with E-state index in [1.165, 1.54) is 11.8 Å². The summed E-state index contributed by atoms with van der Waals surface area (Å²) in [7, 11) is 0. The number of nitrogens with zero attached hydrogens (tertiary/aromatic N) is 2. The molecule has 0 aromatic heterocycles. The van der Waals surface area contributed by atoms with Crippen molar-refractivity contribution in [1.82, 2.24) is 4.90 Å². The van der Waals surface area contributed by atoms with E-state index in [4.69, 9.17) is 16.3 Å². The first-order chi connectivity index (χ1) is 17.1. The monoisotopic (exact) mass is 530 g/mol.